The summed E-state index contributed by atoms with van der Waals surface area (Å²) in [5, 5.41) is 2.75. The summed E-state index contributed by atoms with van der Waals surface area (Å²) in [6.45, 7) is 2.31. The Morgan fingerprint density at radius 2 is 2.13 bits per heavy atom. The van der Waals surface area contributed by atoms with Gasteiger partial charge in [-0.15, -0.1) is 0 Å². The zero-order valence-electron chi connectivity index (χ0n) is 8.57. The van der Waals surface area contributed by atoms with E-state index < -0.39 is 0 Å². The molecule has 1 fully saturated rings. The van der Waals surface area contributed by atoms with Crippen molar-refractivity contribution >= 4 is 12.2 Å². The quantitative estimate of drug-likeness (QED) is 0.800. The lowest BCUT2D eigenvalue weighted by atomic mass is 10.0. The van der Waals surface area contributed by atoms with Crippen molar-refractivity contribution in [2.24, 2.45) is 0 Å². The van der Waals surface area contributed by atoms with Crippen LogP contribution in [0.5, 0.6) is 0 Å². The average molecular weight is 203 g/mol. The fourth-order valence-corrected chi connectivity index (χ4v) is 1.45. The summed E-state index contributed by atoms with van der Waals surface area (Å²) in [5.74, 6) is 0. The van der Waals surface area contributed by atoms with Crippen LogP contribution in [0.15, 0.2) is 36.4 Å². The molecular formula is C12H13NO2. The second-order valence-corrected chi connectivity index (χ2v) is 3.86. The molecule has 0 unspecified atom stereocenters. The van der Waals surface area contributed by atoms with E-state index in [0.29, 0.717) is 6.61 Å². The van der Waals surface area contributed by atoms with E-state index >= 15 is 0 Å². The van der Waals surface area contributed by atoms with E-state index in [2.05, 4.69) is 5.32 Å². The fourth-order valence-electron chi connectivity index (χ4n) is 1.45. The molecule has 1 aromatic carbocycles. The lowest BCUT2D eigenvalue weighted by Crippen LogP contribution is -2.37. The molecule has 0 bridgehead atoms. The Morgan fingerprint density at radius 3 is 2.73 bits per heavy atom. The fraction of sp³-hybridized carbons (Fsp3) is 0.250. The van der Waals surface area contributed by atoms with Crippen molar-refractivity contribution in [3.63, 3.8) is 0 Å². The highest BCUT2D eigenvalue weighted by atomic mass is 16.6. The van der Waals surface area contributed by atoms with Crippen molar-refractivity contribution in [3.8, 4) is 0 Å². The Labute approximate surface area is 88.8 Å². The number of rotatable bonds is 2. The first-order valence-electron chi connectivity index (χ1n) is 4.87. The molecule has 3 heteroatoms. The van der Waals surface area contributed by atoms with Crippen LogP contribution in [-0.4, -0.2) is 18.2 Å². The largest absolute Gasteiger partial charge is 0.447 e. The summed E-state index contributed by atoms with van der Waals surface area (Å²) >= 11 is 0. The molecule has 1 aliphatic heterocycles. The number of benzene rings is 1. The molecule has 78 valence electrons. The Kier molecular flexibility index (Phi) is 2.46. The molecule has 1 atom stereocenters. The third kappa shape index (κ3) is 2.37. The molecule has 1 amide bonds. The maximum Gasteiger partial charge on any atom is 0.408 e. The van der Waals surface area contributed by atoms with Gasteiger partial charge in [0.05, 0.1) is 5.54 Å². The van der Waals surface area contributed by atoms with E-state index in [1.807, 2.05) is 49.4 Å². The van der Waals surface area contributed by atoms with E-state index in [1.165, 1.54) is 0 Å². The van der Waals surface area contributed by atoms with Crippen LogP contribution >= 0.6 is 0 Å². The minimum Gasteiger partial charge on any atom is -0.447 e. The molecule has 0 aliphatic carbocycles. The number of cyclic esters (lactones) is 1. The highest BCUT2D eigenvalue weighted by Crippen LogP contribution is 2.15. The summed E-state index contributed by atoms with van der Waals surface area (Å²) in [6, 6.07) is 9.95. The lowest BCUT2D eigenvalue weighted by molar-refractivity contribution is 0.175. The summed E-state index contributed by atoms with van der Waals surface area (Å²) in [4.78, 5) is 10.9. The van der Waals surface area contributed by atoms with Crippen LogP contribution in [0.4, 0.5) is 4.79 Å². The van der Waals surface area contributed by atoms with Gasteiger partial charge in [0.1, 0.15) is 6.61 Å². The molecule has 1 saturated heterocycles. The van der Waals surface area contributed by atoms with Crippen molar-refractivity contribution in [1.29, 1.82) is 0 Å². The minimum absolute atomic E-state index is 0.352. The summed E-state index contributed by atoms with van der Waals surface area (Å²) < 4.78 is 4.86. The predicted molar refractivity (Wildman–Crippen MR) is 58.4 cm³/mol. The molecule has 1 heterocycles. The highest BCUT2D eigenvalue weighted by molar-refractivity contribution is 5.72. The second-order valence-electron chi connectivity index (χ2n) is 3.86. The van der Waals surface area contributed by atoms with Gasteiger partial charge in [-0.3, -0.25) is 0 Å². The molecule has 15 heavy (non-hydrogen) atoms. The van der Waals surface area contributed by atoms with Gasteiger partial charge in [0.2, 0.25) is 0 Å². The number of alkyl carbamates (subject to hydrolysis) is 1. The van der Waals surface area contributed by atoms with Gasteiger partial charge < -0.3 is 10.1 Å². The van der Waals surface area contributed by atoms with Crippen LogP contribution in [0.3, 0.4) is 0 Å². The van der Waals surface area contributed by atoms with E-state index in [4.69, 9.17) is 4.74 Å². The number of amides is 1. The standard InChI is InChI=1S/C12H13NO2/c1-12(9-15-11(14)13-12)8-7-10-5-3-2-4-6-10/h2-8H,9H2,1H3,(H,13,14)/t12-/m1/s1. The molecule has 2 rings (SSSR count). The van der Waals surface area contributed by atoms with Crippen molar-refractivity contribution in [1.82, 2.24) is 5.32 Å². The second kappa shape index (κ2) is 3.77. The first kappa shape index (κ1) is 9.77. The molecule has 1 N–H and O–H groups in total. The van der Waals surface area contributed by atoms with Gasteiger partial charge in [-0.05, 0) is 12.5 Å². The van der Waals surface area contributed by atoms with Crippen LogP contribution < -0.4 is 5.32 Å². The van der Waals surface area contributed by atoms with Crippen molar-refractivity contribution < 1.29 is 9.53 Å². The summed E-state index contributed by atoms with van der Waals surface area (Å²) in [6.07, 6.45) is 3.58. The number of nitrogens with one attached hydrogen (secondary N) is 1. The third-order valence-corrected chi connectivity index (χ3v) is 2.33. The van der Waals surface area contributed by atoms with Crippen molar-refractivity contribution in [2.45, 2.75) is 12.5 Å². The average Bonchev–Trinajstić information content (AvgIpc) is 2.58. The number of hydrogen-bond acceptors (Lipinski definition) is 2. The van der Waals surface area contributed by atoms with Gasteiger partial charge in [0.25, 0.3) is 0 Å². The van der Waals surface area contributed by atoms with E-state index in [0.717, 1.165) is 5.56 Å². The van der Waals surface area contributed by atoms with Gasteiger partial charge >= 0.3 is 6.09 Å². The van der Waals surface area contributed by atoms with Gasteiger partial charge in [-0.25, -0.2) is 4.79 Å². The molecule has 1 aromatic rings. The molecule has 0 aromatic heterocycles. The summed E-state index contributed by atoms with van der Waals surface area (Å²) in [5.41, 5.74) is 0.729. The van der Waals surface area contributed by atoms with Crippen LogP contribution in [0.1, 0.15) is 12.5 Å². The number of carbonyl (C=O) groups is 1. The van der Waals surface area contributed by atoms with Crippen LogP contribution in [-0.2, 0) is 4.74 Å². The van der Waals surface area contributed by atoms with Gasteiger partial charge in [-0.2, -0.15) is 0 Å². The molecule has 0 spiro atoms. The first-order valence-corrected chi connectivity index (χ1v) is 4.87. The molecule has 1 aliphatic rings. The highest BCUT2D eigenvalue weighted by Gasteiger charge is 2.31. The van der Waals surface area contributed by atoms with E-state index in [9.17, 15) is 4.79 Å². The van der Waals surface area contributed by atoms with Gasteiger partial charge in [0, 0.05) is 0 Å². The zero-order chi connectivity index (χ0) is 10.7. The maximum absolute atomic E-state index is 10.9. The Hall–Kier alpha value is -1.77. The van der Waals surface area contributed by atoms with Gasteiger partial charge in [0.15, 0.2) is 0 Å². The number of carbonyl (C=O) groups excluding carboxylic acids is 1. The van der Waals surface area contributed by atoms with Gasteiger partial charge in [-0.1, -0.05) is 42.5 Å². The first-order chi connectivity index (χ1) is 7.18. The van der Waals surface area contributed by atoms with Crippen LogP contribution in [0, 0.1) is 0 Å². The predicted octanol–water partition coefficient (Wildman–Crippen LogP) is 2.20. The molecular weight excluding hydrogens is 190 g/mol. The van der Waals surface area contributed by atoms with E-state index in [1.54, 1.807) is 0 Å². The molecule has 0 saturated carbocycles. The topological polar surface area (TPSA) is 38.3 Å². The maximum atomic E-state index is 10.9. The Balaban J connectivity index is 2.09. The van der Waals surface area contributed by atoms with Crippen molar-refractivity contribution in [2.75, 3.05) is 6.61 Å². The SMILES string of the molecule is C[C@@]1(C=Cc2ccccc2)COC(=O)N1. The lowest BCUT2D eigenvalue weighted by Gasteiger charge is -2.14. The van der Waals surface area contributed by atoms with E-state index in [-0.39, 0.29) is 11.6 Å². The van der Waals surface area contributed by atoms with Crippen LogP contribution in [0.2, 0.25) is 0 Å². The Bertz CT molecular complexity index is 386. The third-order valence-electron chi connectivity index (χ3n) is 2.33. The number of ether oxygens (including phenoxy) is 1. The zero-order valence-corrected chi connectivity index (χ0v) is 8.57. The number of hydrogen-bond donors (Lipinski definition) is 1. The Morgan fingerprint density at radius 1 is 1.40 bits per heavy atom. The summed E-state index contributed by atoms with van der Waals surface area (Å²) in [7, 11) is 0. The normalized spacial score (nSPS) is 25.3. The molecule has 0 radical (unpaired) electrons. The van der Waals surface area contributed by atoms with Crippen molar-refractivity contribution in [3.05, 3.63) is 42.0 Å². The smallest absolute Gasteiger partial charge is 0.408 e. The monoisotopic (exact) mass is 203 g/mol. The molecule has 3 nitrogen and oxygen atoms in total. The minimum atomic E-state index is -0.382. The van der Waals surface area contributed by atoms with Crippen LogP contribution in [0.25, 0.3) is 6.08 Å².